The minimum absolute atomic E-state index is 0.236. The molecule has 0 bridgehead atoms. The summed E-state index contributed by atoms with van der Waals surface area (Å²) in [5, 5.41) is 5.83. The minimum atomic E-state index is -1.37. The Morgan fingerprint density at radius 1 is 1.32 bits per heavy atom. The van der Waals surface area contributed by atoms with Crippen LogP contribution in [0.4, 0.5) is 11.4 Å². The van der Waals surface area contributed by atoms with Gasteiger partial charge in [-0.3, -0.25) is 4.79 Å². The van der Waals surface area contributed by atoms with E-state index in [1.807, 2.05) is 32.0 Å². The third kappa shape index (κ3) is 2.05. The van der Waals surface area contributed by atoms with Crippen molar-refractivity contribution in [1.29, 1.82) is 0 Å². The van der Waals surface area contributed by atoms with Gasteiger partial charge in [0.15, 0.2) is 0 Å². The Kier molecular flexibility index (Phi) is 3.46. The molecule has 0 saturated heterocycles. The first-order valence-corrected chi connectivity index (χ1v) is 6.38. The summed E-state index contributed by atoms with van der Waals surface area (Å²) in [6.45, 7) is 5.60. The van der Waals surface area contributed by atoms with Crippen molar-refractivity contribution in [1.82, 2.24) is 0 Å². The van der Waals surface area contributed by atoms with Crippen molar-refractivity contribution < 1.29 is 14.3 Å². The Morgan fingerprint density at radius 2 is 1.95 bits per heavy atom. The van der Waals surface area contributed by atoms with Gasteiger partial charge >= 0.3 is 5.97 Å². The largest absolute Gasteiger partial charge is 0.464 e. The molecule has 5 nitrogen and oxygen atoms in total. The van der Waals surface area contributed by atoms with Crippen LogP contribution in [0, 0.1) is 5.92 Å². The molecule has 5 heteroatoms. The Balaban J connectivity index is 2.46. The van der Waals surface area contributed by atoms with E-state index in [0.29, 0.717) is 5.69 Å². The zero-order valence-electron chi connectivity index (χ0n) is 11.3. The number of fused-ring (bicyclic) bond motifs is 1. The van der Waals surface area contributed by atoms with Crippen molar-refractivity contribution in [3.63, 3.8) is 0 Å². The van der Waals surface area contributed by atoms with E-state index in [2.05, 4.69) is 10.6 Å². The van der Waals surface area contributed by atoms with Crippen LogP contribution in [-0.2, 0) is 14.3 Å². The maximum Gasteiger partial charge on any atom is 0.341 e. The van der Waals surface area contributed by atoms with Gasteiger partial charge in [-0.15, -0.1) is 0 Å². The number of carbonyl (C=O) groups excluding carboxylic acids is 2. The number of ether oxygens (including phenoxy) is 1. The van der Waals surface area contributed by atoms with E-state index in [1.54, 1.807) is 13.0 Å². The van der Waals surface area contributed by atoms with Crippen molar-refractivity contribution >= 4 is 23.3 Å². The van der Waals surface area contributed by atoms with E-state index < -0.39 is 11.5 Å². The van der Waals surface area contributed by atoms with Gasteiger partial charge in [0.25, 0.3) is 5.91 Å². The molecule has 0 aromatic heterocycles. The van der Waals surface area contributed by atoms with Crippen LogP contribution in [-0.4, -0.2) is 24.0 Å². The van der Waals surface area contributed by atoms with E-state index in [4.69, 9.17) is 4.74 Å². The van der Waals surface area contributed by atoms with Crippen molar-refractivity contribution in [2.75, 3.05) is 17.2 Å². The lowest BCUT2D eigenvalue weighted by Crippen LogP contribution is -2.62. The third-order valence-corrected chi connectivity index (χ3v) is 3.33. The normalized spacial score (nSPS) is 21.4. The molecule has 0 aliphatic carbocycles. The van der Waals surface area contributed by atoms with Gasteiger partial charge in [0.2, 0.25) is 5.54 Å². The summed E-state index contributed by atoms with van der Waals surface area (Å²) in [4.78, 5) is 24.6. The first-order valence-electron chi connectivity index (χ1n) is 6.38. The highest BCUT2D eigenvalue weighted by Gasteiger charge is 2.52. The molecule has 0 spiro atoms. The standard InChI is InChI=1S/C14H18N2O3/c1-4-19-13(18)14(9(2)3)12(17)15-10-7-5-6-8-11(10)16-14/h5-9,16H,4H2,1-3H3,(H,15,17). The van der Waals surface area contributed by atoms with E-state index in [0.717, 1.165) is 5.69 Å². The van der Waals surface area contributed by atoms with Crippen LogP contribution < -0.4 is 10.6 Å². The van der Waals surface area contributed by atoms with Crippen LogP contribution in [0.1, 0.15) is 20.8 Å². The number of hydrogen-bond donors (Lipinski definition) is 2. The number of carbonyl (C=O) groups is 2. The molecule has 2 rings (SSSR count). The number of benzene rings is 1. The Bertz CT molecular complexity index is 513. The lowest BCUT2D eigenvalue weighted by molar-refractivity contribution is -0.153. The topological polar surface area (TPSA) is 67.4 Å². The number of hydrogen-bond acceptors (Lipinski definition) is 4. The predicted molar refractivity (Wildman–Crippen MR) is 72.9 cm³/mol. The summed E-state index contributed by atoms with van der Waals surface area (Å²) in [5.41, 5.74) is 0.0293. The molecule has 1 unspecified atom stereocenters. The summed E-state index contributed by atoms with van der Waals surface area (Å²) in [5.74, 6) is -1.16. The number of rotatable bonds is 3. The number of para-hydroxylation sites is 2. The second kappa shape index (κ2) is 4.91. The third-order valence-electron chi connectivity index (χ3n) is 3.33. The molecule has 1 aliphatic heterocycles. The summed E-state index contributed by atoms with van der Waals surface area (Å²) in [6, 6.07) is 7.29. The van der Waals surface area contributed by atoms with Crippen molar-refractivity contribution in [3.8, 4) is 0 Å². The molecule has 1 aliphatic rings. The molecular weight excluding hydrogens is 244 g/mol. The fourth-order valence-corrected chi connectivity index (χ4v) is 2.22. The summed E-state index contributed by atoms with van der Waals surface area (Å²) in [7, 11) is 0. The Morgan fingerprint density at radius 3 is 2.53 bits per heavy atom. The van der Waals surface area contributed by atoms with Crippen molar-refractivity contribution in [2.24, 2.45) is 5.92 Å². The second-order valence-corrected chi connectivity index (χ2v) is 4.81. The van der Waals surface area contributed by atoms with Crippen LogP contribution in [0.5, 0.6) is 0 Å². The van der Waals surface area contributed by atoms with Gasteiger partial charge in [0, 0.05) is 0 Å². The van der Waals surface area contributed by atoms with E-state index >= 15 is 0 Å². The van der Waals surface area contributed by atoms with Gasteiger partial charge in [0.1, 0.15) is 0 Å². The molecule has 19 heavy (non-hydrogen) atoms. The Hall–Kier alpha value is -2.04. The smallest absolute Gasteiger partial charge is 0.341 e. The first-order chi connectivity index (χ1) is 9.02. The molecule has 1 aromatic carbocycles. The maximum atomic E-state index is 12.4. The lowest BCUT2D eigenvalue weighted by atomic mass is 9.83. The van der Waals surface area contributed by atoms with Crippen molar-refractivity contribution in [3.05, 3.63) is 24.3 Å². The lowest BCUT2D eigenvalue weighted by Gasteiger charge is -2.39. The molecule has 1 heterocycles. The fraction of sp³-hybridized carbons (Fsp3) is 0.429. The van der Waals surface area contributed by atoms with Crippen LogP contribution in [0.15, 0.2) is 24.3 Å². The van der Waals surface area contributed by atoms with Crippen LogP contribution in [0.2, 0.25) is 0 Å². The summed E-state index contributed by atoms with van der Waals surface area (Å²) < 4.78 is 5.07. The van der Waals surface area contributed by atoms with Gasteiger partial charge in [-0.25, -0.2) is 4.79 Å². The number of anilines is 2. The average Bonchev–Trinajstić information content (AvgIpc) is 2.37. The van der Waals surface area contributed by atoms with Gasteiger partial charge in [-0.2, -0.15) is 0 Å². The highest BCUT2D eigenvalue weighted by molar-refractivity contribution is 6.19. The maximum absolute atomic E-state index is 12.4. The van der Waals surface area contributed by atoms with E-state index in [1.165, 1.54) is 0 Å². The SMILES string of the molecule is CCOC(=O)C1(C(C)C)Nc2ccccc2NC1=O. The summed E-state index contributed by atoms with van der Waals surface area (Å²) >= 11 is 0. The van der Waals surface area contributed by atoms with Crippen molar-refractivity contribution in [2.45, 2.75) is 26.3 Å². The first kappa shape index (κ1) is 13.4. The predicted octanol–water partition coefficient (Wildman–Crippen LogP) is 2.01. The van der Waals surface area contributed by atoms with Gasteiger partial charge in [-0.05, 0) is 25.0 Å². The van der Waals surface area contributed by atoms with Gasteiger partial charge in [-0.1, -0.05) is 26.0 Å². The van der Waals surface area contributed by atoms with Gasteiger partial charge in [0.05, 0.1) is 18.0 Å². The average molecular weight is 262 g/mol. The molecule has 1 atom stereocenters. The Labute approximate surface area is 112 Å². The molecule has 2 N–H and O–H groups in total. The summed E-state index contributed by atoms with van der Waals surface area (Å²) in [6.07, 6.45) is 0. The number of nitrogens with one attached hydrogen (secondary N) is 2. The minimum Gasteiger partial charge on any atom is -0.464 e. The van der Waals surface area contributed by atoms with E-state index in [9.17, 15) is 9.59 Å². The molecule has 0 radical (unpaired) electrons. The van der Waals surface area contributed by atoms with Crippen LogP contribution in [0.25, 0.3) is 0 Å². The van der Waals surface area contributed by atoms with Crippen LogP contribution >= 0.6 is 0 Å². The quantitative estimate of drug-likeness (QED) is 0.646. The zero-order valence-corrected chi connectivity index (χ0v) is 11.3. The van der Waals surface area contributed by atoms with Crippen LogP contribution in [0.3, 0.4) is 0 Å². The molecule has 1 aromatic rings. The fourth-order valence-electron chi connectivity index (χ4n) is 2.22. The second-order valence-electron chi connectivity index (χ2n) is 4.81. The molecule has 1 amide bonds. The monoisotopic (exact) mass is 262 g/mol. The molecule has 0 saturated carbocycles. The van der Waals surface area contributed by atoms with E-state index in [-0.39, 0.29) is 18.4 Å². The molecule has 0 fully saturated rings. The molecular formula is C14H18N2O3. The highest BCUT2D eigenvalue weighted by atomic mass is 16.5. The molecule has 102 valence electrons. The van der Waals surface area contributed by atoms with Gasteiger partial charge < -0.3 is 15.4 Å². The highest BCUT2D eigenvalue weighted by Crippen LogP contribution is 2.35. The number of esters is 1. The number of amides is 1. The zero-order chi connectivity index (χ0) is 14.0.